The first-order valence-corrected chi connectivity index (χ1v) is 9.41. The summed E-state index contributed by atoms with van der Waals surface area (Å²) in [6.07, 6.45) is 5.30. The van der Waals surface area contributed by atoms with Gasteiger partial charge in [-0.2, -0.15) is 0 Å². The van der Waals surface area contributed by atoms with E-state index in [2.05, 4.69) is 9.97 Å². The zero-order valence-electron chi connectivity index (χ0n) is 14.3. The van der Waals surface area contributed by atoms with Crippen molar-refractivity contribution < 1.29 is 9.18 Å². The van der Waals surface area contributed by atoms with Crippen molar-refractivity contribution in [3.63, 3.8) is 0 Å². The smallest absolute Gasteiger partial charge is 0.266 e. The predicted octanol–water partition coefficient (Wildman–Crippen LogP) is 4.71. The van der Waals surface area contributed by atoms with Gasteiger partial charge >= 0.3 is 0 Å². The molecule has 1 fully saturated rings. The maximum atomic E-state index is 14.0. The number of amides is 1. The molecule has 6 heteroatoms. The zero-order chi connectivity index (χ0) is 18.1. The first kappa shape index (κ1) is 16.8. The number of benzene rings is 1. The molecule has 2 heterocycles. The molecule has 0 bridgehead atoms. The number of pyridine rings is 1. The Morgan fingerprint density at radius 3 is 2.65 bits per heavy atom. The molecule has 0 spiro atoms. The van der Waals surface area contributed by atoms with Crippen molar-refractivity contribution in [1.82, 2.24) is 14.9 Å². The Balaban J connectivity index is 1.62. The van der Waals surface area contributed by atoms with Gasteiger partial charge in [0.15, 0.2) is 0 Å². The Bertz CT molecular complexity index is 924. The van der Waals surface area contributed by atoms with Gasteiger partial charge in [0.1, 0.15) is 15.7 Å². The third kappa shape index (κ3) is 3.24. The molecule has 4 nitrogen and oxygen atoms in total. The van der Waals surface area contributed by atoms with Crippen LogP contribution in [-0.2, 0) is 0 Å². The highest BCUT2D eigenvalue weighted by atomic mass is 32.1. The van der Waals surface area contributed by atoms with Crippen molar-refractivity contribution in [1.29, 1.82) is 0 Å². The summed E-state index contributed by atoms with van der Waals surface area (Å²) in [7, 11) is 0. The van der Waals surface area contributed by atoms with E-state index in [4.69, 9.17) is 0 Å². The third-order valence-electron chi connectivity index (χ3n) is 4.53. The summed E-state index contributed by atoms with van der Waals surface area (Å²) in [4.78, 5) is 24.2. The van der Waals surface area contributed by atoms with Crippen LogP contribution < -0.4 is 0 Å². The molecule has 1 aromatic carbocycles. The van der Waals surface area contributed by atoms with Gasteiger partial charge in [0.05, 0.1) is 17.9 Å². The lowest BCUT2D eigenvalue weighted by Crippen LogP contribution is -2.35. The molecule has 2 aromatic heterocycles. The summed E-state index contributed by atoms with van der Waals surface area (Å²) in [6, 6.07) is 12.3. The Morgan fingerprint density at radius 1 is 1.19 bits per heavy atom. The third-order valence-corrected chi connectivity index (χ3v) is 5.55. The molecule has 1 unspecified atom stereocenters. The van der Waals surface area contributed by atoms with Gasteiger partial charge in [-0.05, 0) is 44.0 Å². The van der Waals surface area contributed by atoms with Crippen molar-refractivity contribution in [3.8, 4) is 10.6 Å². The highest BCUT2D eigenvalue weighted by Crippen LogP contribution is 2.36. The standard InChI is InChI=1S/C20H18FN3OS/c1-13(17-8-4-5-11-22-17)24(14-9-10-14)20(25)18-12-23-19(26-18)15-6-2-3-7-16(15)21/h2-8,11-14H,9-10H2,1H3. The second-order valence-electron chi connectivity index (χ2n) is 6.38. The molecule has 0 N–H and O–H groups in total. The minimum Gasteiger partial charge on any atom is -0.327 e. The van der Waals surface area contributed by atoms with Gasteiger partial charge in [0.25, 0.3) is 5.91 Å². The second kappa shape index (κ2) is 6.96. The Morgan fingerprint density at radius 2 is 1.96 bits per heavy atom. The summed E-state index contributed by atoms with van der Waals surface area (Å²) in [5, 5.41) is 0.521. The first-order chi connectivity index (χ1) is 12.6. The quantitative estimate of drug-likeness (QED) is 0.656. The van der Waals surface area contributed by atoms with Gasteiger partial charge in [-0.1, -0.05) is 18.2 Å². The van der Waals surface area contributed by atoms with Crippen molar-refractivity contribution in [2.24, 2.45) is 0 Å². The molecular formula is C20H18FN3OS. The van der Waals surface area contributed by atoms with E-state index in [1.165, 1.54) is 17.4 Å². The van der Waals surface area contributed by atoms with E-state index in [0.29, 0.717) is 15.4 Å². The molecule has 1 saturated carbocycles. The van der Waals surface area contributed by atoms with E-state index >= 15 is 0 Å². The van der Waals surface area contributed by atoms with Crippen LogP contribution in [0.1, 0.15) is 41.2 Å². The molecular weight excluding hydrogens is 349 g/mol. The highest BCUT2D eigenvalue weighted by molar-refractivity contribution is 7.16. The van der Waals surface area contributed by atoms with Crippen LogP contribution in [-0.4, -0.2) is 26.8 Å². The zero-order valence-corrected chi connectivity index (χ0v) is 15.1. The minimum atomic E-state index is -0.332. The van der Waals surface area contributed by atoms with Crippen LogP contribution in [0.25, 0.3) is 10.6 Å². The molecule has 1 amide bonds. The number of aromatic nitrogens is 2. The lowest BCUT2D eigenvalue weighted by Gasteiger charge is -2.28. The number of nitrogens with zero attached hydrogens (tertiary/aromatic N) is 3. The van der Waals surface area contributed by atoms with E-state index in [1.54, 1.807) is 30.6 Å². The normalized spacial score (nSPS) is 14.8. The topological polar surface area (TPSA) is 46.1 Å². The first-order valence-electron chi connectivity index (χ1n) is 8.59. The molecule has 26 heavy (non-hydrogen) atoms. The number of hydrogen-bond donors (Lipinski definition) is 0. The molecule has 1 aliphatic carbocycles. The van der Waals surface area contributed by atoms with Gasteiger partial charge < -0.3 is 4.90 Å². The number of carbonyl (C=O) groups is 1. The van der Waals surface area contributed by atoms with E-state index in [-0.39, 0.29) is 23.8 Å². The lowest BCUT2D eigenvalue weighted by atomic mass is 10.1. The van der Waals surface area contributed by atoms with Crippen molar-refractivity contribution in [3.05, 3.63) is 71.2 Å². The molecule has 132 valence electrons. The average molecular weight is 367 g/mol. The SMILES string of the molecule is CC(c1ccccn1)N(C(=O)c1cnc(-c2ccccc2F)s1)C1CC1. The number of hydrogen-bond acceptors (Lipinski definition) is 4. The molecule has 0 radical (unpaired) electrons. The monoisotopic (exact) mass is 367 g/mol. The molecule has 3 aromatic rings. The Kier molecular flexibility index (Phi) is 4.51. The van der Waals surface area contributed by atoms with Crippen LogP contribution in [0.3, 0.4) is 0 Å². The van der Waals surface area contributed by atoms with Crippen LogP contribution in [0, 0.1) is 5.82 Å². The molecule has 4 rings (SSSR count). The summed E-state index contributed by atoms with van der Waals surface area (Å²) < 4.78 is 14.0. The van der Waals surface area contributed by atoms with E-state index in [1.807, 2.05) is 30.0 Å². The lowest BCUT2D eigenvalue weighted by molar-refractivity contribution is 0.0675. The van der Waals surface area contributed by atoms with Crippen LogP contribution in [0.4, 0.5) is 4.39 Å². The maximum Gasteiger partial charge on any atom is 0.266 e. The van der Waals surface area contributed by atoms with Gasteiger partial charge in [0.2, 0.25) is 0 Å². The van der Waals surface area contributed by atoms with Gasteiger partial charge in [-0.15, -0.1) is 11.3 Å². The highest BCUT2D eigenvalue weighted by Gasteiger charge is 2.37. The van der Waals surface area contributed by atoms with Crippen LogP contribution in [0.15, 0.2) is 54.9 Å². The van der Waals surface area contributed by atoms with E-state index in [9.17, 15) is 9.18 Å². The van der Waals surface area contributed by atoms with Crippen molar-refractivity contribution >= 4 is 17.2 Å². The second-order valence-corrected chi connectivity index (χ2v) is 7.41. The molecule has 0 aliphatic heterocycles. The van der Waals surface area contributed by atoms with Crippen LogP contribution in [0.5, 0.6) is 0 Å². The maximum absolute atomic E-state index is 14.0. The largest absolute Gasteiger partial charge is 0.327 e. The van der Waals surface area contributed by atoms with E-state index in [0.717, 1.165) is 18.5 Å². The molecule has 1 atom stereocenters. The number of thiazole rings is 1. The number of carbonyl (C=O) groups excluding carboxylic acids is 1. The molecule has 0 saturated heterocycles. The molecule has 1 aliphatic rings. The summed E-state index contributed by atoms with van der Waals surface area (Å²) in [5.74, 6) is -0.396. The van der Waals surface area contributed by atoms with Crippen molar-refractivity contribution in [2.75, 3.05) is 0 Å². The Labute approximate surface area is 155 Å². The fourth-order valence-corrected chi connectivity index (χ4v) is 3.92. The Hall–Kier alpha value is -2.60. The summed E-state index contributed by atoms with van der Waals surface area (Å²) >= 11 is 1.23. The summed E-state index contributed by atoms with van der Waals surface area (Å²) in [6.45, 7) is 2.00. The number of halogens is 1. The van der Waals surface area contributed by atoms with E-state index < -0.39 is 0 Å². The number of rotatable bonds is 5. The van der Waals surface area contributed by atoms with Crippen molar-refractivity contribution in [2.45, 2.75) is 31.8 Å². The summed E-state index contributed by atoms with van der Waals surface area (Å²) in [5.41, 5.74) is 1.29. The van der Waals surface area contributed by atoms with Crippen LogP contribution >= 0.6 is 11.3 Å². The minimum absolute atomic E-state index is 0.0641. The fraction of sp³-hybridized carbons (Fsp3) is 0.250. The van der Waals surface area contributed by atoms with Gasteiger partial charge in [-0.3, -0.25) is 9.78 Å². The van der Waals surface area contributed by atoms with Crippen LogP contribution in [0.2, 0.25) is 0 Å². The van der Waals surface area contributed by atoms with Gasteiger partial charge in [0, 0.05) is 17.8 Å². The average Bonchev–Trinajstić information content (AvgIpc) is 3.38. The predicted molar refractivity (Wildman–Crippen MR) is 99.4 cm³/mol. The fourth-order valence-electron chi connectivity index (χ4n) is 3.04. The van der Waals surface area contributed by atoms with Gasteiger partial charge in [-0.25, -0.2) is 9.37 Å².